The second-order valence-electron chi connectivity index (χ2n) is 7.80. The highest BCUT2D eigenvalue weighted by atomic mass is 16.7. The molecule has 7 nitrogen and oxygen atoms in total. The Bertz CT molecular complexity index is 910. The predicted molar refractivity (Wildman–Crippen MR) is 110 cm³/mol. The minimum atomic E-state index is -1.33. The van der Waals surface area contributed by atoms with Crippen molar-refractivity contribution in [3.05, 3.63) is 59.2 Å². The normalized spacial score (nSPS) is 17.0. The number of carbonyl (C=O) groups is 2. The van der Waals surface area contributed by atoms with Crippen molar-refractivity contribution in [1.29, 1.82) is 0 Å². The first-order chi connectivity index (χ1) is 13.8. The number of carbonyl (C=O) groups excluding carboxylic acids is 1. The van der Waals surface area contributed by atoms with Gasteiger partial charge in [-0.15, -0.1) is 0 Å². The molecule has 29 heavy (non-hydrogen) atoms. The van der Waals surface area contributed by atoms with Crippen LogP contribution in [0.15, 0.2) is 42.5 Å². The number of carboxylic acid groups (broad SMARTS) is 1. The second kappa shape index (κ2) is 8.53. The van der Waals surface area contributed by atoms with Crippen LogP contribution in [0.5, 0.6) is 5.75 Å². The number of fused-ring (bicyclic) bond motifs is 1. The first-order valence-electron chi connectivity index (χ1n) is 9.47. The van der Waals surface area contributed by atoms with Crippen LogP contribution in [0, 0.1) is 5.41 Å². The molecule has 3 rings (SSSR count). The molecule has 1 aliphatic rings. The Balaban J connectivity index is 1.83. The van der Waals surface area contributed by atoms with E-state index in [0.717, 1.165) is 23.2 Å². The van der Waals surface area contributed by atoms with Crippen molar-refractivity contribution in [1.82, 2.24) is 5.32 Å². The third-order valence-electron chi connectivity index (χ3n) is 5.08. The van der Waals surface area contributed by atoms with Gasteiger partial charge in [0.1, 0.15) is 5.75 Å². The number of ether oxygens (including phenoxy) is 2. The summed E-state index contributed by atoms with van der Waals surface area (Å²) in [6.45, 7) is 5.21. The number of anilines is 1. The van der Waals surface area contributed by atoms with Crippen LogP contribution in [0.4, 0.5) is 10.5 Å². The molecule has 7 heteroatoms. The SMILES string of the molecule is COCCNC(=O)c1cccc(C2Nc3ccc(OC(=O)O)cc3CC2(C)C)c1. The summed E-state index contributed by atoms with van der Waals surface area (Å²) in [5, 5.41) is 15.2. The van der Waals surface area contributed by atoms with Gasteiger partial charge in [0.15, 0.2) is 0 Å². The molecule has 0 bridgehead atoms. The molecule has 1 amide bonds. The van der Waals surface area contributed by atoms with Gasteiger partial charge in [0.05, 0.1) is 12.6 Å². The van der Waals surface area contributed by atoms with E-state index in [1.165, 1.54) is 0 Å². The van der Waals surface area contributed by atoms with E-state index in [0.29, 0.717) is 24.5 Å². The number of nitrogens with one attached hydrogen (secondary N) is 2. The van der Waals surface area contributed by atoms with Crippen molar-refractivity contribution in [2.24, 2.45) is 5.41 Å². The molecule has 0 aromatic heterocycles. The Hall–Kier alpha value is -3.06. The van der Waals surface area contributed by atoms with Gasteiger partial charge in [0.2, 0.25) is 0 Å². The van der Waals surface area contributed by atoms with Crippen molar-refractivity contribution >= 4 is 17.7 Å². The first kappa shape index (κ1) is 20.7. The number of hydrogen-bond donors (Lipinski definition) is 3. The van der Waals surface area contributed by atoms with Crippen LogP contribution >= 0.6 is 0 Å². The molecular formula is C22H26N2O5. The lowest BCUT2D eigenvalue weighted by Gasteiger charge is -2.41. The van der Waals surface area contributed by atoms with E-state index >= 15 is 0 Å². The maximum absolute atomic E-state index is 12.4. The molecule has 2 aromatic carbocycles. The molecule has 0 aliphatic carbocycles. The average Bonchev–Trinajstić information content (AvgIpc) is 2.66. The van der Waals surface area contributed by atoms with E-state index in [1.54, 1.807) is 25.3 Å². The minimum absolute atomic E-state index is 0.00651. The highest BCUT2D eigenvalue weighted by Crippen LogP contribution is 2.45. The zero-order valence-corrected chi connectivity index (χ0v) is 16.8. The number of benzene rings is 2. The molecule has 0 spiro atoms. The van der Waals surface area contributed by atoms with Gasteiger partial charge in [0.25, 0.3) is 5.91 Å². The lowest BCUT2D eigenvalue weighted by atomic mass is 9.72. The molecule has 0 radical (unpaired) electrons. The van der Waals surface area contributed by atoms with Gasteiger partial charge in [0, 0.05) is 24.9 Å². The molecule has 154 valence electrons. The summed E-state index contributed by atoms with van der Waals surface area (Å²) in [7, 11) is 1.60. The zero-order chi connectivity index (χ0) is 21.0. The standard InChI is InChI=1S/C22H26N2O5/c1-22(2)13-16-12-17(29-21(26)27)7-8-18(16)24-19(22)14-5-4-6-15(11-14)20(25)23-9-10-28-3/h4-8,11-12,19,24H,9-10,13H2,1-3H3,(H,23,25)(H,26,27). The summed E-state index contributed by atoms with van der Waals surface area (Å²) in [6, 6.07) is 12.8. The number of hydrogen-bond acceptors (Lipinski definition) is 5. The van der Waals surface area contributed by atoms with Crippen LogP contribution in [0.25, 0.3) is 0 Å². The van der Waals surface area contributed by atoms with Crippen molar-refractivity contribution in [2.45, 2.75) is 26.3 Å². The fourth-order valence-electron chi connectivity index (χ4n) is 3.73. The fourth-order valence-corrected chi connectivity index (χ4v) is 3.73. The van der Waals surface area contributed by atoms with E-state index in [9.17, 15) is 9.59 Å². The van der Waals surface area contributed by atoms with Gasteiger partial charge in [-0.2, -0.15) is 0 Å². The summed E-state index contributed by atoms with van der Waals surface area (Å²) in [4.78, 5) is 23.2. The first-order valence-corrected chi connectivity index (χ1v) is 9.47. The molecule has 1 heterocycles. The van der Waals surface area contributed by atoms with E-state index in [-0.39, 0.29) is 17.4 Å². The van der Waals surface area contributed by atoms with Crippen LogP contribution in [0.1, 0.15) is 41.4 Å². The maximum Gasteiger partial charge on any atom is 0.511 e. The summed E-state index contributed by atoms with van der Waals surface area (Å²) in [5.74, 6) is 0.176. The van der Waals surface area contributed by atoms with Crippen LogP contribution in [-0.4, -0.2) is 37.4 Å². The van der Waals surface area contributed by atoms with Crippen LogP contribution < -0.4 is 15.4 Å². The number of amides is 1. The van der Waals surface area contributed by atoms with Gasteiger partial charge in [-0.1, -0.05) is 26.0 Å². The van der Waals surface area contributed by atoms with E-state index < -0.39 is 6.16 Å². The predicted octanol–water partition coefficient (Wildman–Crippen LogP) is 3.86. The molecule has 0 saturated carbocycles. The molecule has 3 N–H and O–H groups in total. The Labute approximate surface area is 170 Å². The van der Waals surface area contributed by atoms with Gasteiger partial charge < -0.3 is 25.2 Å². The highest BCUT2D eigenvalue weighted by molar-refractivity contribution is 5.94. The molecule has 1 atom stereocenters. The van der Waals surface area contributed by atoms with E-state index in [1.807, 2.05) is 24.3 Å². The summed E-state index contributed by atoms with van der Waals surface area (Å²) in [5.41, 5.74) is 3.39. The lowest BCUT2D eigenvalue weighted by Crippen LogP contribution is -2.35. The van der Waals surface area contributed by atoms with Crippen LogP contribution in [-0.2, 0) is 11.2 Å². The van der Waals surface area contributed by atoms with Crippen molar-refractivity contribution in [3.8, 4) is 5.75 Å². The quantitative estimate of drug-likeness (QED) is 0.388. The summed E-state index contributed by atoms with van der Waals surface area (Å²) < 4.78 is 9.75. The second-order valence-corrected chi connectivity index (χ2v) is 7.80. The Morgan fingerprint density at radius 1 is 1.24 bits per heavy atom. The average molecular weight is 398 g/mol. The third kappa shape index (κ3) is 4.86. The van der Waals surface area contributed by atoms with Crippen molar-refractivity contribution in [3.63, 3.8) is 0 Å². The number of rotatable bonds is 6. The molecule has 1 unspecified atom stereocenters. The van der Waals surface area contributed by atoms with Crippen LogP contribution in [0.3, 0.4) is 0 Å². The van der Waals surface area contributed by atoms with Gasteiger partial charge >= 0.3 is 6.16 Å². The molecular weight excluding hydrogens is 372 g/mol. The minimum Gasteiger partial charge on any atom is -0.449 e. The Morgan fingerprint density at radius 3 is 2.76 bits per heavy atom. The summed E-state index contributed by atoms with van der Waals surface area (Å²) in [6.07, 6.45) is -0.590. The molecule has 1 aliphatic heterocycles. The molecule has 2 aromatic rings. The molecule has 0 saturated heterocycles. The zero-order valence-electron chi connectivity index (χ0n) is 16.8. The number of methoxy groups -OCH3 is 1. The van der Waals surface area contributed by atoms with E-state index in [4.69, 9.17) is 14.6 Å². The van der Waals surface area contributed by atoms with Gasteiger partial charge in [-0.25, -0.2) is 4.79 Å². The van der Waals surface area contributed by atoms with Crippen molar-refractivity contribution < 1.29 is 24.2 Å². The third-order valence-corrected chi connectivity index (χ3v) is 5.08. The van der Waals surface area contributed by atoms with Crippen molar-refractivity contribution in [2.75, 3.05) is 25.6 Å². The van der Waals surface area contributed by atoms with E-state index in [2.05, 4.69) is 24.5 Å². The largest absolute Gasteiger partial charge is 0.511 e. The molecule has 0 fully saturated rings. The smallest absolute Gasteiger partial charge is 0.449 e. The van der Waals surface area contributed by atoms with Gasteiger partial charge in [-0.05, 0) is 53.3 Å². The summed E-state index contributed by atoms with van der Waals surface area (Å²) >= 11 is 0. The Kier molecular flexibility index (Phi) is 6.08. The maximum atomic E-state index is 12.4. The topological polar surface area (TPSA) is 96.9 Å². The Morgan fingerprint density at radius 2 is 2.03 bits per heavy atom. The van der Waals surface area contributed by atoms with Gasteiger partial charge in [-0.3, -0.25) is 4.79 Å². The highest BCUT2D eigenvalue weighted by Gasteiger charge is 2.36. The van der Waals surface area contributed by atoms with Crippen LogP contribution in [0.2, 0.25) is 0 Å². The fraction of sp³-hybridized carbons (Fsp3) is 0.364. The monoisotopic (exact) mass is 398 g/mol. The lowest BCUT2D eigenvalue weighted by molar-refractivity contribution is 0.0936.